The first kappa shape index (κ1) is 19.0. The molecule has 1 fully saturated rings. The molecule has 1 aliphatic carbocycles. The molecule has 0 atom stereocenters. The highest BCUT2D eigenvalue weighted by atomic mass is 35.5. The number of halogens is 3. The van der Waals surface area contributed by atoms with Gasteiger partial charge in [-0.1, -0.05) is 0 Å². The Morgan fingerprint density at radius 2 is 2.09 bits per heavy atom. The van der Waals surface area contributed by atoms with Gasteiger partial charge in [-0.05, 0) is 25.0 Å². The van der Waals surface area contributed by atoms with Crippen LogP contribution >= 0.6 is 12.4 Å². The van der Waals surface area contributed by atoms with Crippen LogP contribution in [0.15, 0.2) is 18.2 Å². The minimum atomic E-state index is -3.21. The molecule has 0 unspecified atom stereocenters. The number of nitro benzene ring substituents is 1. The zero-order chi connectivity index (χ0) is 16.3. The number of hydrogen-bond acceptors (Lipinski definition) is 5. The lowest BCUT2D eigenvalue weighted by atomic mass is 10.1. The summed E-state index contributed by atoms with van der Waals surface area (Å²) in [6.45, 7) is -1.81. The van der Waals surface area contributed by atoms with E-state index in [9.17, 15) is 23.7 Å². The van der Waals surface area contributed by atoms with Crippen molar-refractivity contribution in [2.45, 2.75) is 24.8 Å². The smallest absolute Gasteiger partial charge is 0.293 e. The van der Waals surface area contributed by atoms with E-state index in [0.717, 1.165) is 18.9 Å². The third-order valence-electron chi connectivity index (χ3n) is 3.20. The van der Waals surface area contributed by atoms with Gasteiger partial charge < -0.3 is 16.4 Å². The monoisotopic (exact) mass is 350 g/mol. The van der Waals surface area contributed by atoms with E-state index in [0.29, 0.717) is 5.69 Å². The Morgan fingerprint density at radius 3 is 2.61 bits per heavy atom. The van der Waals surface area contributed by atoms with Gasteiger partial charge in [-0.25, -0.2) is 8.78 Å². The van der Waals surface area contributed by atoms with E-state index in [2.05, 4.69) is 5.32 Å². The molecule has 1 saturated carbocycles. The van der Waals surface area contributed by atoms with E-state index in [4.69, 9.17) is 5.73 Å². The summed E-state index contributed by atoms with van der Waals surface area (Å²) >= 11 is 0. The van der Waals surface area contributed by atoms with Gasteiger partial charge in [-0.3, -0.25) is 14.9 Å². The average Bonchev–Trinajstić information content (AvgIpc) is 3.29. The lowest BCUT2D eigenvalue weighted by Crippen LogP contribution is -2.41. The lowest BCUT2D eigenvalue weighted by Gasteiger charge is -2.14. The zero-order valence-electron chi connectivity index (χ0n) is 12.1. The molecule has 128 valence electrons. The number of nitrogens with one attached hydrogen (secondary N) is 2. The number of anilines is 1. The largest absolute Gasteiger partial charge is 0.377 e. The van der Waals surface area contributed by atoms with Gasteiger partial charge in [0.25, 0.3) is 17.5 Å². The third kappa shape index (κ3) is 5.29. The fraction of sp³-hybridized carbons (Fsp3) is 0.462. The Labute approximate surface area is 137 Å². The van der Waals surface area contributed by atoms with E-state index in [1.165, 1.54) is 12.1 Å². The molecular formula is C13H17ClF2N4O3. The van der Waals surface area contributed by atoms with E-state index in [1.54, 1.807) is 0 Å². The summed E-state index contributed by atoms with van der Waals surface area (Å²) < 4.78 is 26.0. The molecule has 1 aliphatic rings. The van der Waals surface area contributed by atoms with Crippen LogP contribution in [0, 0.1) is 10.1 Å². The maximum Gasteiger partial charge on any atom is 0.293 e. The summed E-state index contributed by atoms with van der Waals surface area (Å²) in [5.74, 6) is -4.02. The fourth-order valence-electron chi connectivity index (χ4n) is 1.78. The van der Waals surface area contributed by atoms with Gasteiger partial charge in [0.15, 0.2) is 0 Å². The van der Waals surface area contributed by atoms with Crippen molar-refractivity contribution in [3.05, 3.63) is 33.9 Å². The van der Waals surface area contributed by atoms with Crippen LogP contribution in [0.3, 0.4) is 0 Å². The standard InChI is InChI=1S/C13H16F2N4O3.ClH/c14-13(15,6-16)7-17-12(20)8-1-4-10(18-9-2-3-9)11(5-8)19(21)22;/h1,4-5,9,18H,2-3,6-7,16H2,(H,17,20);1H. The van der Waals surface area contributed by atoms with Crippen LogP contribution in [0.5, 0.6) is 0 Å². The minimum Gasteiger partial charge on any atom is -0.377 e. The molecule has 0 aliphatic heterocycles. The predicted molar refractivity (Wildman–Crippen MR) is 83.3 cm³/mol. The number of carbonyl (C=O) groups is 1. The molecular weight excluding hydrogens is 334 g/mol. The Morgan fingerprint density at radius 1 is 1.43 bits per heavy atom. The Bertz CT molecular complexity index is 597. The summed E-state index contributed by atoms with van der Waals surface area (Å²) in [5, 5.41) is 16.1. The molecule has 0 heterocycles. The normalized spacial score (nSPS) is 13.9. The second-order valence-electron chi connectivity index (χ2n) is 5.15. The average molecular weight is 351 g/mol. The van der Waals surface area contributed by atoms with Crippen molar-refractivity contribution in [2.75, 3.05) is 18.4 Å². The molecule has 0 spiro atoms. The lowest BCUT2D eigenvalue weighted by molar-refractivity contribution is -0.384. The number of alkyl halides is 2. The quantitative estimate of drug-likeness (QED) is 0.514. The Hall–Kier alpha value is -2.00. The number of nitrogens with two attached hydrogens (primary N) is 1. The SMILES string of the molecule is Cl.NCC(F)(F)CNC(=O)c1ccc(NC2CC2)c([N+](=O)[O-])c1. The summed E-state index contributed by atoms with van der Waals surface area (Å²) in [7, 11) is 0. The van der Waals surface area contributed by atoms with E-state index >= 15 is 0 Å². The summed E-state index contributed by atoms with van der Waals surface area (Å²) in [6.07, 6.45) is 1.88. The van der Waals surface area contributed by atoms with E-state index in [1.807, 2.05) is 5.32 Å². The van der Waals surface area contributed by atoms with Crippen LogP contribution in [-0.4, -0.2) is 35.9 Å². The van der Waals surface area contributed by atoms with Crippen LogP contribution in [0.2, 0.25) is 0 Å². The molecule has 0 saturated heterocycles. The summed E-state index contributed by atoms with van der Waals surface area (Å²) in [4.78, 5) is 22.2. The van der Waals surface area contributed by atoms with Crippen LogP contribution in [0.25, 0.3) is 0 Å². The molecule has 1 aromatic rings. The summed E-state index contributed by atoms with van der Waals surface area (Å²) in [5.41, 5.74) is 4.87. The maximum absolute atomic E-state index is 13.0. The topological polar surface area (TPSA) is 110 Å². The molecule has 10 heteroatoms. The van der Waals surface area contributed by atoms with Crippen molar-refractivity contribution in [2.24, 2.45) is 5.73 Å². The van der Waals surface area contributed by atoms with Gasteiger partial charge in [0.1, 0.15) is 5.69 Å². The number of nitro groups is 1. The van der Waals surface area contributed by atoms with Crippen LogP contribution in [0.1, 0.15) is 23.2 Å². The van der Waals surface area contributed by atoms with Gasteiger partial charge >= 0.3 is 0 Å². The van der Waals surface area contributed by atoms with Crippen LogP contribution in [-0.2, 0) is 0 Å². The highest BCUT2D eigenvalue weighted by molar-refractivity contribution is 5.95. The molecule has 2 rings (SSSR count). The van der Waals surface area contributed by atoms with Gasteiger partial charge in [0, 0.05) is 17.7 Å². The number of rotatable bonds is 7. The predicted octanol–water partition coefficient (Wildman–Crippen LogP) is 1.91. The minimum absolute atomic E-state index is 0. The van der Waals surface area contributed by atoms with Crippen molar-refractivity contribution >= 4 is 29.7 Å². The second-order valence-corrected chi connectivity index (χ2v) is 5.15. The van der Waals surface area contributed by atoms with Gasteiger partial charge in [0.2, 0.25) is 0 Å². The zero-order valence-corrected chi connectivity index (χ0v) is 12.9. The number of carbonyl (C=O) groups excluding carboxylic acids is 1. The van der Waals surface area contributed by atoms with Crippen molar-refractivity contribution < 1.29 is 18.5 Å². The first-order chi connectivity index (χ1) is 10.3. The molecule has 0 bridgehead atoms. The van der Waals surface area contributed by atoms with E-state index < -0.39 is 29.8 Å². The second kappa shape index (κ2) is 7.51. The Balaban J connectivity index is 0.00000264. The molecule has 4 N–H and O–H groups in total. The molecule has 23 heavy (non-hydrogen) atoms. The maximum atomic E-state index is 13.0. The fourth-order valence-corrected chi connectivity index (χ4v) is 1.78. The van der Waals surface area contributed by atoms with Crippen molar-refractivity contribution in [1.29, 1.82) is 0 Å². The number of benzene rings is 1. The van der Waals surface area contributed by atoms with Crippen molar-refractivity contribution in [3.63, 3.8) is 0 Å². The van der Waals surface area contributed by atoms with Gasteiger partial charge in [-0.15, -0.1) is 12.4 Å². The Kier molecular flexibility index (Phi) is 6.22. The highest BCUT2D eigenvalue weighted by Gasteiger charge is 2.28. The first-order valence-corrected chi connectivity index (χ1v) is 6.73. The van der Waals surface area contributed by atoms with Crippen LogP contribution in [0.4, 0.5) is 20.2 Å². The number of nitrogens with zero attached hydrogens (tertiary/aromatic N) is 1. The third-order valence-corrected chi connectivity index (χ3v) is 3.20. The number of hydrogen-bond donors (Lipinski definition) is 3. The van der Waals surface area contributed by atoms with Gasteiger partial charge in [0.05, 0.1) is 18.0 Å². The summed E-state index contributed by atoms with van der Waals surface area (Å²) in [6, 6.07) is 4.04. The molecule has 1 amide bonds. The van der Waals surface area contributed by atoms with Crippen LogP contribution < -0.4 is 16.4 Å². The highest BCUT2D eigenvalue weighted by Crippen LogP contribution is 2.31. The van der Waals surface area contributed by atoms with Gasteiger partial charge in [-0.2, -0.15) is 0 Å². The molecule has 0 aromatic heterocycles. The molecule has 1 aromatic carbocycles. The van der Waals surface area contributed by atoms with Crippen molar-refractivity contribution in [1.82, 2.24) is 5.32 Å². The number of amides is 1. The molecule has 0 radical (unpaired) electrons. The van der Waals surface area contributed by atoms with Crippen molar-refractivity contribution in [3.8, 4) is 0 Å². The molecule has 7 nitrogen and oxygen atoms in total. The van der Waals surface area contributed by atoms with E-state index in [-0.39, 0.29) is 29.7 Å². The first-order valence-electron chi connectivity index (χ1n) is 6.73.